The number of ether oxygens (including phenoxy) is 1. The molecule has 3 aliphatic carbocycles. The number of rotatable bonds is 4. The van der Waals surface area contributed by atoms with Crippen LogP contribution in [-0.4, -0.2) is 73.8 Å². The lowest BCUT2D eigenvalue weighted by atomic mass is 9.45. The maximum absolute atomic E-state index is 13.8. The standard InChI is InChI=1S/C30H35N3O4/c34-22-8-7-20-16-23-30(36)11-10-28(9-3-14-33(28)24(35)17-21-4-1-2-13-31-21)27-29(30,25(20)26(22)37-27)12-15-32(23)18-19-5-6-19/h1-2,4,7-8,13,19,23,27,34,36H,3,5-6,9-12,14-18H2/t23-,27+,28-,29+,30-/m1/s1. The van der Waals surface area contributed by atoms with E-state index < -0.39 is 16.6 Å². The van der Waals surface area contributed by atoms with Gasteiger partial charge in [0.25, 0.3) is 0 Å². The predicted octanol–water partition coefficient (Wildman–Crippen LogP) is 2.96. The zero-order valence-corrected chi connectivity index (χ0v) is 21.2. The molecule has 1 aromatic carbocycles. The fourth-order valence-electron chi connectivity index (χ4n) is 9.14. The lowest BCUT2D eigenvalue weighted by Crippen LogP contribution is -2.80. The number of hydrogen-bond acceptors (Lipinski definition) is 6. The number of likely N-dealkylation sites (tertiary alicyclic amines) is 2. The first kappa shape index (κ1) is 22.4. The number of phenolic OH excluding ortho intramolecular Hbond substituents is 1. The van der Waals surface area contributed by atoms with E-state index in [2.05, 4.69) is 20.9 Å². The van der Waals surface area contributed by atoms with E-state index >= 15 is 0 Å². The zero-order chi connectivity index (χ0) is 25.0. The predicted molar refractivity (Wildman–Crippen MR) is 136 cm³/mol. The molecule has 194 valence electrons. The number of pyridine rings is 1. The SMILES string of the molecule is O=C(Cc1ccccn1)N1CCC[C@]12CC[C@@]1(O)[C@H]3Cc4ccc(O)c5c4[C@@]1(CCN3CC1CC1)[C@H]2O5. The normalized spacial score (nSPS) is 37.5. The van der Waals surface area contributed by atoms with E-state index in [-0.39, 0.29) is 30.2 Å². The Kier molecular flexibility index (Phi) is 4.52. The van der Waals surface area contributed by atoms with Crippen LogP contribution in [0.5, 0.6) is 11.5 Å². The molecular weight excluding hydrogens is 466 g/mol. The number of phenols is 1. The van der Waals surface area contributed by atoms with Gasteiger partial charge in [-0.3, -0.25) is 14.7 Å². The third-order valence-corrected chi connectivity index (χ3v) is 10.8. The Balaban J connectivity index is 1.24. The summed E-state index contributed by atoms with van der Waals surface area (Å²) in [5, 5.41) is 23.8. The highest BCUT2D eigenvalue weighted by molar-refractivity contribution is 5.80. The van der Waals surface area contributed by atoms with Crippen LogP contribution in [0.2, 0.25) is 0 Å². The van der Waals surface area contributed by atoms with Gasteiger partial charge in [-0.1, -0.05) is 12.1 Å². The maximum atomic E-state index is 13.8. The Bertz CT molecular complexity index is 1280. The van der Waals surface area contributed by atoms with Crippen LogP contribution in [0.4, 0.5) is 0 Å². The molecule has 37 heavy (non-hydrogen) atoms. The van der Waals surface area contributed by atoms with E-state index in [1.807, 2.05) is 18.2 Å². The smallest absolute Gasteiger partial charge is 0.229 e. The van der Waals surface area contributed by atoms with Gasteiger partial charge in [0.2, 0.25) is 5.91 Å². The number of benzene rings is 1. The van der Waals surface area contributed by atoms with Crippen LogP contribution >= 0.6 is 0 Å². The molecule has 4 heterocycles. The van der Waals surface area contributed by atoms with Crippen molar-refractivity contribution in [2.45, 2.75) is 86.5 Å². The molecule has 7 heteroatoms. The molecule has 5 atom stereocenters. The monoisotopic (exact) mass is 501 g/mol. The lowest BCUT2D eigenvalue weighted by Gasteiger charge is -2.67. The second-order valence-corrected chi connectivity index (χ2v) is 12.5. The summed E-state index contributed by atoms with van der Waals surface area (Å²) in [6, 6.07) is 9.57. The number of hydrogen-bond donors (Lipinski definition) is 2. The molecule has 7 nitrogen and oxygen atoms in total. The Labute approximate surface area is 217 Å². The number of nitrogens with zero attached hydrogens (tertiary/aromatic N) is 3. The van der Waals surface area contributed by atoms with Crippen LogP contribution in [0.25, 0.3) is 0 Å². The summed E-state index contributed by atoms with van der Waals surface area (Å²) in [6.45, 7) is 2.69. The lowest BCUT2D eigenvalue weighted by molar-refractivity contribution is -0.217. The number of amides is 1. The van der Waals surface area contributed by atoms with Crippen LogP contribution in [0.1, 0.15) is 61.8 Å². The molecule has 2 saturated heterocycles. The van der Waals surface area contributed by atoms with Crippen LogP contribution < -0.4 is 4.74 Å². The number of aliphatic hydroxyl groups is 1. The molecular formula is C30H35N3O4. The highest BCUT2D eigenvalue weighted by Crippen LogP contribution is 2.69. The Morgan fingerprint density at radius 1 is 1.11 bits per heavy atom. The molecule has 6 aliphatic rings. The zero-order valence-electron chi connectivity index (χ0n) is 21.2. The molecule has 1 aromatic heterocycles. The van der Waals surface area contributed by atoms with Gasteiger partial charge < -0.3 is 19.8 Å². The van der Waals surface area contributed by atoms with E-state index in [9.17, 15) is 15.0 Å². The summed E-state index contributed by atoms with van der Waals surface area (Å²) in [5.41, 5.74) is 0.992. The van der Waals surface area contributed by atoms with Crippen LogP contribution in [0, 0.1) is 5.92 Å². The van der Waals surface area contributed by atoms with Gasteiger partial charge in [0.15, 0.2) is 11.5 Å². The number of carbonyl (C=O) groups excluding carboxylic acids is 1. The molecule has 2 spiro atoms. The van der Waals surface area contributed by atoms with Crippen molar-refractivity contribution in [3.63, 3.8) is 0 Å². The quantitative estimate of drug-likeness (QED) is 0.670. The van der Waals surface area contributed by atoms with E-state index in [1.165, 1.54) is 18.4 Å². The van der Waals surface area contributed by atoms with Crippen LogP contribution in [0.15, 0.2) is 36.5 Å². The summed E-state index contributed by atoms with van der Waals surface area (Å²) in [7, 11) is 0. The topological polar surface area (TPSA) is 86.1 Å². The molecule has 0 radical (unpaired) electrons. The van der Waals surface area contributed by atoms with Gasteiger partial charge in [0.05, 0.1) is 23.0 Å². The molecule has 2 bridgehead atoms. The largest absolute Gasteiger partial charge is 0.504 e. The van der Waals surface area contributed by atoms with Crippen molar-refractivity contribution in [2.24, 2.45) is 5.92 Å². The second kappa shape index (κ2) is 7.48. The summed E-state index contributed by atoms with van der Waals surface area (Å²) in [5.74, 6) is 1.55. The molecule has 2 saturated carbocycles. The highest BCUT2D eigenvalue weighted by atomic mass is 16.5. The van der Waals surface area contributed by atoms with Crippen molar-refractivity contribution in [3.05, 3.63) is 53.3 Å². The fraction of sp³-hybridized carbons (Fsp3) is 0.600. The van der Waals surface area contributed by atoms with Gasteiger partial charge >= 0.3 is 0 Å². The molecule has 2 aromatic rings. The maximum Gasteiger partial charge on any atom is 0.229 e. The minimum atomic E-state index is -0.930. The molecule has 1 amide bonds. The van der Waals surface area contributed by atoms with Crippen molar-refractivity contribution in [1.29, 1.82) is 0 Å². The second-order valence-electron chi connectivity index (χ2n) is 12.5. The van der Waals surface area contributed by atoms with E-state index in [1.54, 1.807) is 12.3 Å². The summed E-state index contributed by atoms with van der Waals surface area (Å²) >= 11 is 0. The van der Waals surface area contributed by atoms with Crippen molar-refractivity contribution < 1.29 is 19.7 Å². The summed E-state index contributed by atoms with van der Waals surface area (Å²) in [4.78, 5) is 22.9. The summed E-state index contributed by atoms with van der Waals surface area (Å²) < 4.78 is 6.83. The van der Waals surface area contributed by atoms with Crippen molar-refractivity contribution in [3.8, 4) is 11.5 Å². The van der Waals surface area contributed by atoms with E-state index in [4.69, 9.17) is 4.74 Å². The Morgan fingerprint density at radius 2 is 2.00 bits per heavy atom. The minimum Gasteiger partial charge on any atom is -0.504 e. The summed E-state index contributed by atoms with van der Waals surface area (Å²) in [6.07, 6.45) is 8.99. The number of carbonyl (C=O) groups is 1. The number of aromatic nitrogens is 1. The first-order chi connectivity index (χ1) is 18.0. The minimum absolute atomic E-state index is 0.0485. The molecule has 8 rings (SSSR count). The van der Waals surface area contributed by atoms with Crippen LogP contribution in [-0.2, 0) is 23.1 Å². The third-order valence-electron chi connectivity index (χ3n) is 10.8. The highest BCUT2D eigenvalue weighted by Gasteiger charge is 2.77. The van der Waals surface area contributed by atoms with Gasteiger partial charge in [0, 0.05) is 36.6 Å². The molecule has 2 N–H and O–H groups in total. The van der Waals surface area contributed by atoms with Gasteiger partial charge in [-0.15, -0.1) is 0 Å². The van der Waals surface area contributed by atoms with Crippen molar-refractivity contribution in [1.82, 2.24) is 14.8 Å². The van der Waals surface area contributed by atoms with Crippen molar-refractivity contribution >= 4 is 5.91 Å². The van der Waals surface area contributed by atoms with E-state index in [0.29, 0.717) is 18.7 Å². The van der Waals surface area contributed by atoms with Gasteiger partial charge in [-0.2, -0.15) is 0 Å². The van der Waals surface area contributed by atoms with Crippen LogP contribution in [0.3, 0.4) is 0 Å². The average Bonchev–Trinajstić information content (AvgIpc) is 3.48. The first-order valence-corrected chi connectivity index (χ1v) is 14.2. The molecule has 4 fully saturated rings. The Hall–Kier alpha value is -2.64. The van der Waals surface area contributed by atoms with Gasteiger partial charge in [0.1, 0.15) is 6.10 Å². The van der Waals surface area contributed by atoms with E-state index in [0.717, 1.165) is 62.4 Å². The number of fused-ring (bicyclic) bond motifs is 1. The van der Waals surface area contributed by atoms with Crippen molar-refractivity contribution in [2.75, 3.05) is 19.6 Å². The fourth-order valence-corrected chi connectivity index (χ4v) is 9.14. The third kappa shape index (κ3) is 2.79. The number of piperidine rings is 1. The molecule has 0 unspecified atom stereocenters. The Morgan fingerprint density at radius 3 is 2.81 bits per heavy atom. The van der Waals surface area contributed by atoms with Gasteiger partial charge in [-0.25, -0.2) is 0 Å². The average molecular weight is 502 g/mol. The van der Waals surface area contributed by atoms with Gasteiger partial charge in [-0.05, 0) is 87.6 Å². The number of aromatic hydroxyl groups is 1. The first-order valence-electron chi connectivity index (χ1n) is 14.2. The molecule has 3 aliphatic heterocycles.